The standard InChI is InChI=1S/C20H22N2O2/c1-24-19-13-14-22(15-19)18-10-8-17(9-11-18)21-20(23)12-7-16-5-3-2-4-6-16/h2-12,19H,13-15H2,1H3,(H,21,23)/b12-7+/t19-/m0/s1. The van der Waals surface area contributed by atoms with Crippen molar-refractivity contribution in [2.75, 3.05) is 30.4 Å². The van der Waals surface area contributed by atoms with Crippen molar-refractivity contribution in [3.05, 3.63) is 66.2 Å². The van der Waals surface area contributed by atoms with Crippen LogP contribution in [0.3, 0.4) is 0 Å². The highest BCUT2D eigenvalue weighted by molar-refractivity contribution is 6.02. The maximum atomic E-state index is 12.0. The minimum atomic E-state index is -0.132. The summed E-state index contributed by atoms with van der Waals surface area (Å²) >= 11 is 0. The fourth-order valence-electron chi connectivity index (χ4n) is 2.83. The zero-order valence-corrected chi connectivity index (χ0v) is 13.8. The number of nitrogens with one attached hydrogen (secondary N) is 1. The Bertz CT molecular complexity index is 695. The van der Waals surface area contributed by atoms with Crippen molar-refractivity contribution in [3.63, 3.8) is 0 Å². The average Bonchev–Trinajstić information content (AvgIpc) is 3.11. The predicted molar refractivity (Wildman–Crippen MR) is 98.2 cm³/mol. The Labute approximate surface area is 142 Å². The van der Waals surface area contributed by atoms with E-state index in [-0.39, 0.29) is 5.91 Å². The quantitative estimate of drug-likeness (QED) is 0.856. The van der Waals surface area contributed by atoms with E-state index in [1.165, 1.54) is 0 Å². The molecule has 0 saturated carbocycles. The van der Waals surface area contributed by atoms with E-state index in [2.05, 4.69) is 10.2 Å². The van der Waals surface area contributed by atoms with Crippen molar-refractivity contribution in [3.8, 4) is 0 Å². The second-order valence-corrected chi connectivity index (χ2v) is 5.87. The molecule has 0 bridgehead atoms. The summed E-state index contributed by atoms with van der Waals surface area (Å²) in [6.45, 7) is 1.92. The van der Waals surface area contributed by atoms with Crippen LogP contribution in [0.15, 0.2) is 60.7 Å². The van der Waals surface area contributed by atoms with Crippen molar-refractivity contribution in [2.24, 2.45) is 0 Å². The van der Waals surface area contributed by atoms with E-state index in [0.717, 1.165) is 36.4 Å². The molecule has 1 amide bonds. The largest absolute Gasteiger partial charge is 0.380 e. The van der Waals surface area contributed by atoms with E-state index in [1.807, 2.05) is 54.6 Å². The first-order chi connectivity index (χ1) is 11.7. The van der Waals surface area contributed by atoms with Crippen LogP contribution in [0.25, 0.3) is 6.08 Å². The third-order valence-electron chi connectivity index (χ3n) is 4.21. The summed E-state index contributed by atoms with van der Waals surface area (Å²) in [5.41, 5.74) is 2.96. The van der Waals surface area contributed by atoms with Crippen LogP contribution in [0.4, 0.5) is 11.4 Å². The molecule has 3 rings (SSSR count). The van der Waals surface area contributed by atoms with E-state index < -0.39 is 0 Å². The SMILES string of the molecule is CO[C@H]1CCN(c2ccc(NC(=O)/C=C/c3ccccc3)cc2)C1. The molecular weight excluding hydrogens is 300 g/mol. The van der Waals surface area contributed by atoms with Crippen LogP contribution in [-0.4, -0.2) is 32.2 Å². The number of anilines is 2. The molecule has 1 N–H and O–H groups in total. The summed E-state index contributed by atoms with van der Waals surface area (Å²) in [6.07, 6.45) is 4.72. The molecule has 1 atom stereocenters. The molecule has 24 heavy (non-hydrogen) atoms. The van der Waals surface area contributed by atoms with Crippen LogP contribution in [0.5, 0.6) is 0 Å². The number of methoxy groups -OCH3 is 1. The van der Waals surface area contributed by atoms with Gasteiger partial charge in [0.1, 0.15) is 0 Å². The van der Waals surface area contributed by atoms with Gasteiger partial charge in [-0.05, 0) is 42.3 Å². The Morgan fingerprint density at radius 1 is 1.17 bits per heavy atom. The highest BCUT2D eigenvalue weighted by Crippen LogP contribution is 2.23. The van der Waals surface area contributed by atoms with Gasteiger partial charge in [-0.2, -0.15) is 0 Å². The molecule has 0 spiro atoms. The highest BCUT2D eigenvalue weighted by atomic mass is 16.5. The molecule has 4 heteroatoms. The molecule has 0 unspecified atom stereocenters. The second-order valence-electron chi connectivity index (χ2n) is 5.87. The van der Waals surface area contributed by atoms with Crippen molar-refractivity contribution in [1.82, 2.24) is 0 Å². The Morgan fingerprint density at radius 2 is 1.92 bits per heavy atom. The van der Waals surface area contributed by atoms with Gasteiger partial charge in [0, 0.05) is 37.7 Å². The Balaban J connectivity index is 1.56. The molecule has 0 aliphatic carbocycles. The summed E-state index contributed by atoms with van der Waals surface area (Å²) < 4.78 is 5.40. The lowest BCUT2D eigenvalue weighted by molar-refractivity contribution is -0.111. The van der Waals surface area contributed by atoms with Crippen molar-refractivity contribution in [1.29, 1.82) is 0 Å². The van der Waals surface area contributed by atoms with Crippen molar-refractivity contribution in [2.45, 2.75) is 12.5 Å². The lowest BCUT2D eigenvalue weighted by atomic mass is 10.2. The van der Waals surface area contributed by atoms with Gasteiger partial charge in [-0.25, -0.2) is 0 Å². The number of hydrogen-bond donors (Lipinski definition) is 1. The van der Waals surface area contributed by atoms with Crippen molar-refractivity contribution >= 4 is 23.4 Å². The minimum Gasteiger partial charge on any atom is -0.380 e. The first-order valence-corrected chi connectivity index (χ1v) is 8.16. The Kier molecular flexibility index (Phi) is 5.29. The first-order valence-electron chi connectivity index (χ1n) is 8.16. The molecule has 1 saturated heterocycles. The maximum Gasteiger partial charge on any atom is 0.248 e. The number of carbonyl (C=O) groups excluding carboxylic acids is 1. The monoisotopic (exact) mass is 322 g/mol. The molecule has 1 aliphatic heterocycles. The Morgan fingerprint density at radius 3 is 2.58 bits per heavy atom. The van der Waals surface area contributed by atoms with Crippen LogP contribution in [0.2, 0.25) is 0 Å². The number of amides is 1. The lowest BCUT2D eigenvalue weighted by Gasteiger charge is -2.18. The Hall–Kier alpha value is -2.59. The molecule has 124 valence electrons. The fraction of sp³-hybridized carbons (Fsp3) is 0.250. The molecule has 1 aliphatic rings. The summed E-state index contributed by atoms with van der Waals surface area (Å²) in [4.78, 5) is 14.3. The number of nitrogens with zero attached hydrogens (tertiary/aromatic N) is 1. The number of hydrogen-bond acceptors (Lipinski definition) is 3. The third-order valence-corrected chi connectivity index (χ3v) is 4.21. The summed E-state index contributed by atoms with van der Waals surface area (Å²) in [6, 6.07) is 17.7. The van der Waals surface area contributed by atoms with Gasteiger partial charge in [0.05, 0.1) is 6.10 Å². The van der Waals surface area contributed by atoms with Crippen LogP contribution < -0.4 is 10.2 Å². The van der Waals surface area contributed by atoms with E-state index in [9.17, 15) is 4.79 Å². The number of carbonyl (C=O) groups is 1. The molecule has 4 nitrogen and oxygen atoms in total. The topological polar surface area (TPSA) is 41.6 Å². The molecular formula is C20H22N2O2. The number of ether oxygens (including phenoxy) is 1. The van der Waals surface area contributed by atoms with Gasteiger partial charge in [-0.3, -0.25) is 4.79 Å². The van der Waals surface area contributed by atoms with Crippen LogP contribution in [0.1, 0.15) is 12.0 Å². The van der Waals surface area contributed by atoms with Crippen LogP contribution in [0, 0.1) is 0 Å². The van der Waals surface area contributed by atoms with Gasteiger partial charge in [0.2, 0.25) is 5.91 Å². The average molecular weight is 322 g/mol. The van der Waals surface area contributed by atoms with E-state index >= 15 is 0 Å². The van der Waals surface area contributed by atoms with Gasteiger partial charge in [-0.1, -0.05) is 30.3 Å². The van der Waals surface area contributed by atoms with Gasteiger partial charge >= 0.3 is 0 Å². The van der Waals surface area contributed by atoms with E-state index in [1.54, 1.807) is 19.3 Å². The molecule has 2 aromatic carbocycles. The van der Waals surface area contributed by atoms with E-state index in [0.29, 0.717) is 6.10 Å². The molecule has 2 aromatic rings. The summed E-state index contributed by atoms with van der Waals surface area (Å²) in [5.74, 6) is -0.132. The summed E-state index contributed by atoms with van der Waals surface area (Å²) in [7, 11) is 1.76. The van der Waals surface area contributed by atoms with Gasteiger partial charge < -0.3 is 15.0 Å². The summed E-state index contributed by atoms with van der Waals surface area (Å²) in [5, 5.41) is 2.88. The normalized spacial score (nSPS) is 17.4. The molecule has 0 radical (unpaired) electrons. The second kappa shape index (κ2) is 7.79. The smallest absolute Gasteiger partial charge is 0.248 e. The van der Waals surface area contributed by atoms with Crippen LogP contribution in [-0.2, 0) is 9.53 Å². The zero-order chi connectivity index (χ0) is 16.8. The predicted octanol–water partition coefficient (Wildman–Crippen LogP) is 3.56. The highest BCUT2D eigenvalue weighted by Gasteiger charge is 2.21. The zero-order valence-electron chi connectivity index (χ0n) is 13.8. The van der Waals surface area contributed by atoms with Crippen molar-refractivity contribution < 1.29 is 9.53 Å². The minimum absolute atomic E-state index is 0.132. The molecule has 1 heterocycles. The van der Waals surface area contributed by atoms with Gasteiger partial charge in [0.25, 0.3) is 0 Å². The maximum absolute atomic E-state index is 12.0. The number of rotatable bonds is 5. The van der Waals surface area contributed by atoms with Gasteiger partial charge in [0.15, 0.2) is 0 Å². The molecule has 1 fully saturated rings. The fourth-order valence-corrected chi connectivity index (χ4v) is 2.83. The van der Waals surface area contributed by atoms with E-state index in [4.69, 9.17) is 4.74 Å². The third kappa shape index (κ3) is 4.24. The van der Waals surface area contributed by atoms with Gasteiger partial charge in [-0.15, -0.1) is 0 Å². The number of benzene rings is 2. The lowest BCUT2D eigenvalue weighted by Crippen LogP contribution is -2.22. The van der Waals surface area contributed by atoms with Crippen LogP contribution >= 0.6 is 0 Å². The first kappa shape index (κ1) is 16.3. The molecule has 0 aromatic heterocycles.